The molecule has 0 aromatic heterocycles. The van der Waals surface area contributed by atoms with E-state index in [1.165, 1.54) is 12.1 Å². The summed E-state index contributed by atoms with van der Waals surface area (Å²) < 4.78 is 10.4. The molecule has 126 valence electrons. The number of nitro benzene ring substituents is 1. The van der Waals surface area contributed by atoms with Crippen molar-refractivity contribution in [1.82, 2.24) is 0 Å². The predicted molar refractivity (Wildman–Crippen MR) is 97.2 cm³/mol. The molecule has 8 heteroatoms. The van der Waals surface area contributed by atoms with Crippen molar-refractivity contribution in [2.75, 3.05) is 24.9 Å². The minimum Gasteiger partial charge on any atom is -0.497 e. The van der Waals surface area contributed by atoms with Gasteiger partial charge >= 0.3 is 0 Å². The summed E-state index contributed by atoms with van der Waals surface area (Å²) in [5.41, 5.74) is 2.14. The molecule has 0 amide bonds. The average molecular weight is 347 g/mol. The lowest BCUT2D eigenvalue weighted by molar-refractivity contribution is -0.384. The molecule has 7 nitrogen and oxygen atoms in total. The lowest BCUT2D eigenvalue weighted by Crippen LogP contribution is -2.19. The monoisotopic (exact) mass is 347 g/mol. The minimum absolute atomic E-state index is 0.0365. The minimum atomic E-state index is -0.435. The van der Waals surface area contributed by atoms with Gasteiger partial charge in [-0.05, 0) is 30.8 Å². The molecule has 0 saturated heterocycles. The number of benzene rings is 2. The molecule has 0 saturated carbocycles. The number of non-ortho nitro benzene ring substituents is 1. The summed E-state index contributed by atoms with van der Waals surface area (Å²) in [6.07, 6.45) is 0. The van der Waals surface area contributed by atoms with Gasteiger partial charge < -0.3 is 20.1 Å². The second-order valence-electron chi connectivity index (χ2n) is 4.94. The summed E-state index contributed by atoms with van der Waals surface area (Å²) in [5.74, 6) is 1.26. The molecule has 0 aliphatic carbocycles. The molecular weight excluding hydrogens is 330 g/mol. The van der Waals surface area contributed by atoms with Crippen molar-refractivity contribution in [3.05, 3.63) is 52.1 Å². The summed E-state index contributed by atoms with van der Waals surface area (Å²) >= 11 is 5.28. The van der Waals surface area contributed by atoms with Crippen molar-refractivity contribution < 1.29 is 14.4 Å². The van der Waals surface area contributed by atoms with Crippen LogP contribution in [0.15, 0.2) is 36.4 Å². The molecule has 2 rings (SSSR count). The van der Waals surface area contributed by atoms with Crippen LogP contribution in [-0.4, -0.2) is 24.3 Å². The summed E-state index contributed by atoms with van der Waals surface area (Å²) in [7, 11) is 3.13. The van der Waals surface area contributed by atoms with Crippen LogP contribution in [0.2, 0.25) is 0 Å². The molecule has 0 aliphatic rings. The normalized spacial score (nSPS) is 9.96. The third kappa shape index (κ3) is 4.32. The Morgan fingerprint density at radius 1 is 1.08 bits per heavy atom. The first-order valence-electron chi connectivity index (χ1n) is 6.99. The zero-order valence-electron chi connectivity index (χ0n) is 13.5. The van der Waals surface area contributed by atoms with Crippen LogP contribution in [-0.2, 0) is 0 Å². The van der Waals surface area contributed by atoms with E-state index in [0.29, 0.717) is 28.0 Å². The Balaban J connectivity index is 2.12. The van der Waals surface area contributed by atoms with Gasteiger partial charge in [0, 0.05) is 41.7 Å². The number of aryl methyl sites for hydroxylation is 1. The smallest absolute Gasteiger partial charge is 0.269 e. The molecule has 2 aromatic carbocycles. The fraction of sp³-hybridized carbons (Fsp3) is 0.188. The van der Waals surface area contributed by atoms with E-state index in [2.05, 4.69) is 10.6 Å². The van der Waals surface area contributed by atoms with Crippen LogP contribution >= 0.6 is 12.2 Å². The van der Waals surface area contributed by atoms with E-state index in [9.17, 15) is 10.1 Å². The molecule has 0 bridgehead atoms. The third-order valence-corrected chi connectivity index (χ3v) is 3.48. The van der Waals surface area contributed by atoms with Crippen molar-refractivity contribution in [1.29, 1.82) is 0 Å². The molecule has 2 aromatic rings. The van der Waals surface area contributed by atoms with Crippen molar-refractivity contribution in [2.24, 2.45) is 0 Å². The van der Waals surface area contributed by atoms with Gasteiger partial charge in [-0.25, -0.2) is 0 Å². The number of ether oxygens (including phenoxy) is 2. The summed E-state index contributed by atoms with van der Waals surface area (Å²) in [6, 6.07) is 9.83. The molecule has 0 spiro atoms. The largest absolute Gasteiger partial charge is 0.497 e. The Kier molecular flexibility index (Phi) is 5.54. The first kappa shape index (κ1) is 17.5. The van der Waals surface area contributed by atoms with Crippen molar-refractivity contribution >= 4 is 34.4 Å². The lowest BCUT2D eigenvalue weighted by Gasteiger charge is -2.14. The molecule has 0 heterocycles. The zero-order chi connectivity index (χ0) is 17.7. The van der Waals surface area contributed by atoms with E-state index in [-0.39, 0.29) is 5.69 Å². The van der Waals surface area contributed by atoms with E-state index < -0.39 is 4.92 Å². The van der Waals surface area contributed by atoms with Crippen LogP contribution < -0.4 is 20.1 Å². The van der Waals surface area contributed by atoms with Crippen LogP contribution in [0.1, 0.15) is 5.56 Å². The van der Waals surface area contributed by atoms with Gasteiger partial charge in [-0.2, -0.15) is 0 Å². The van der Waals surface area contributed by atoms with Gasteiger partial charge in [-0.15, -0.1) is 0 Å². The van der Waals surface area contributed by atoms with Crippen LogP contribution in [0.3, 0.4) is 0 Å². The molecule has 0 atom stereocenters. The summed E-state index contributed by atoms with van der Waals surface area (Å²) in [6.45, 7) is 1.77. The van der Waals surface area contributed by atoms with E-state index in [4.69, 9.17) is 21.7 Å². The Labute approximate surface area is 144 Å². The number of hydrogen-bond acceptors (Lipinski definition) is 5. The molecular formula is C16H17N3O4S. The maximum atomic E-state index is 10.8. The van der Waals surface area contributed by atoms with Crippen molar-refractivity contribution in [2.45, 2.75) is 6.92 Å². The first-order valence-corrected chi connectivity index (χ1v) is 7.40. The number of nitro groups is 1. The van der Waals surface area contributed by atoms with Crippen molar-refractivity contribution in [3.8, 4) is 11.5 Å². The first-order chi connectivity index (χ1) is 11.4. The van der Waals surface area contributed by atoms with Gasteiger partial charge in [0.1, 0.15) is 11.5 Å². The van der Waals surface area contributed by atoms with E-state index in [1.54, 1.807) is 45.4 Å². The summed E-state index contributed by atoms with van der Waals surface area (Å²) in [4.78, 5) is 10.3. The SMILES string of the molecule is COc1cc(NC(=S)Nc2ccc([N+](=O)[O-])cc2C)cc(OC)c1. The predicted octanol–water partition coefficient (Wildman–Crippen LogP) is 3.73. The second kappa shape index (κ2) is 7.60. The number of hydrogen-bond donors (Lipinski definition) is 2. The molecule has 0 radical (unpaired) electrons. The van der Waals surface area contributed by atoms with E-state index in [0.717, 1.165) is 5.56 Å². The Morgan fingerprint density at radius 3 is 2.21 bits per heavy atom. The van der Waals surface area contributed by atoms with Crippen LogP contribution in [0.5, 0.6) is 11.5 Å². The fourth-order valence-electron chi connectivity index (χ4n) is 2.07. The van der Waals surface area contributed by atoms with Gasteiger partial charge in [0.25, 0.3) is 5.69 Å². The Morgan fingerprint density at radius 2 is 1.71 bits per heavy atom. The lowest BCUT2D eigenvalue weighted by atomic mass is 10.2. The van der Waals surface area contributed by atoms with Crippen LogP contribution in [0.25, 0.3) is 0 Å². The molecule has 0 unspecified atom stereocenters. The van der Waals surface area contributed by atoms with Crippen LogP contribution in [0.4, 0.5) is 17.1 Å². The number of nitrogens with zero attached hydrogens (tertiary/aromatic N) is 1. The topological polar surface area (TPSA) is 85.7 Å². The molecule has 0 fully saturated rings. The van der Waals surface area contributed by atoms with Gasteiger partial charge in [0.2, 0.25) is 0 Å². The van der Waals surface area contributed by atoms with Gasteiger partial charge in [-0.1, -0.05) is 0 Å². The fourth-order valence-corrected chi connectivity index (χ4v) is 2.29. The van der Waals surface area contributed by atoms with E-state index in [1.807, 2.05) is 0 Å². The highest BCUT2D eigenvalue weighted by atomic mass is 32.1. The van der Waals surface area contributed by atoms with Crippen molar-refractivity contribution in [3.63, 3.8) is 0 Å². The molecule has 24 heavy (non-hydrogen) atoms. The average Bonchev–Trinajstić information content (AvgIpc) is 2.55. The number of nitrogens with one attached hydrogen (secondary N) is 2. The summed E-state index contributed by atoms with van der Waals surface area (Å²) in [5, 5.41) is 17.2. The Bertz CT molecular complexity index is 758. The van der Waals surface area contributed by atoms with Gasteiger partial charge in [0.15, 0.2) is 5.11 Å². The quantitative estimate of drug-likeness (QED) is 0.484. The van der Waals surface area contributed by atoms with Gasteiger partial charge in [-0.3, -0.25) is 10.1 Å². The van der Waals surface area contributed by atoms with Gasteiger partial charge in [0.05, 0.1) is 19.1 Å². The zero-order valence-corrected chi connectivity index (χ0v) is 14.3. The third-order valence-electron chi connectivity index (χ3n) is 3.28. The van der Waals surface area contributed by atoms with Crippen LogP contribution in [0, 0.1) is 17.0 Å². The maximum absolute atomic E-state index is 10.8. The molecule has 0 aliphatic heterocycles. The highest BCUT2D eigenvalue weighted by Gasteiger charge is 2.09. The number of methoxy groups -OCH3 is 2. The standard InChI is InChI=1S/C16H17N3O4S/c1-10-6-12(19(20)21)4-5-15(10)18-16(24)17-11-7-13(22-2)9-14(8-11)23-3/h4-9H,1-3H3,(H2,17,18,24). The number of anilines is 2. The number of thiocarbonyl (C=S) groups is 1. The second-order valence-corrected chi connectivity index (χ2v) is 5.35. The highest BCUT2D eigenvalue weighted by Crippen LogP contribution is 2.26. The maximum Gasteiger partial charge on any atom is 0.269 e. The highest BCUT2D eigenvalue weighted by molar-refractivity contribution is 7.80. The Hall–Kier alpha value is -2.87. The molecule has 2 N–H and O–H groups in total. The number of rotatable bonds is 5. The van der Waals surface area contributed by atoms with E-state index >= 15 is 0 Å².